The van der Waals surface area contributed by atoms with Crippen LogP contribution in [0.1, 0.15) is 0 Å². The first-order valence-electron chi connectivity index (χ1n) is 2.52. The van der Waals surface area contributed by atoms with Crippen LogP contribution < -0.4 is 0 Å². The Kier molecular flexibility index (Phi) is 4.41. The van der Waals surface area contributed by atoms with Crippen LogP contribution in [-0.4, -0.2) is 33.3 Å². The highest BCUT2D eigenvalue weighted by Gasteiger charge is 2.03. The third-order valence-electron chi connectivity index (χ3n) is 0.845. The van der Waals surface area contributed by atoms with Crippen LogP contribution in [0, 0.1) is 0 Å². The van der Waals surface area contributed by atoms with Crippen molar-refractivity contribution in [3.05, 3.63) is 0 Å². The molecule has 0 aliphatic rings. The van der Waals surface area contributed by atoms with Crippen molar-refractivity contribution in [1.82, 2.24) is 0 Å². The molecule has 0 aliphatic heterocycles. The van der Waals surface area contributed by atoms with E-state index in [1.54, 1.807) is 7.05 Å². The van der Waals surface area contributed by atoms with E-state index in [2.05, 4.69) is 16.7 Å². The molecule has 2 nitrogen and oxygen atoms in total. The van der Waals surface area contributed by atoms with E-state index in [-0.39, 0.29) is 5.82 Å². The van der Waals surface area contributed by atoms with Crippen LogP contribution in [0.3, 0.4) is 0 Å². The van der Waals surface area contributed by atoms with Gasteiger partial charge >= 0.3 is 0 Å². The number of rotatable bonds is 3. The highest BCUT2D eigenvalue weighted by atomic mass is 35.5. The fraction of sp³-hybridized carbons (Fsp3) is 0.600. The summed E-state index contributed by atoms with van der Waals surface area (Å²) in [6.45, 7) is 3.70. The van der Waals surface area contributed by atoms with Crippen molar-refractivity contribution in [1.29, 1.82) is 0 Å². The van der Waals surface area contributed by atoms with Crippen LogP contribution in [-0.2, 0) is 0 Å². The zero-order valence-corrected chi connectivity index (χ0v) is 6.10. The molecular formula is C5H8BClN2. The maximum absolute atomic E-state index is 5.53. The van der Waals surface area contributed by atoms with Crippen molar-refractivity contribution in [3.8, 4) is 0 Å². The molecule has 9 heavy (non-hydrogen) atoms. The Balaban J connectivity index is 3.72. The van der Waals surface area contributed by atoms with Crippen LogP contribution in [0.4, 0.5) is 0 Å². The van der Waals surface area contributed by atoms with Gasteiger partial charge < -0.3 is 4.99 Å². The van der Waals surface area contributed by atoms with Gasteiger partial charge in [0, 0.05) is 13.6 Å². The Labute approximate surface area is 61.4 Å². The van der Waals surface area contributed by atoms with Crippen LogP contribution >= 0.6 is 11.6 Å². The predicted molar refractivity (Wildman–Crippen MR) is 43.1 cm³/mol. The predicted octanol–water partition coefficient (Wildman–Crippen LogP) is 0.911. The molecule has 0 N–H and O–H groups in total. The topological polar surface area (TPSA) is 24.7 Å². The van der Waals surface area contributed by atoms with Crippen LogP contribution in [0.25, 0.3) is 0 Å². The van der Waals surface area contributed by atoms with Crippen molar-refractivity contribution >= 4 is 31.3 Å². The first-order valence-corrected chi connectivity index (χ1v) is 2.90. The molecule has 48 valence electrons. The van der Waals surface area contributed by atoms with Crippen LogP contribution in [0.2, 0.25) is 5.82 Å². The lowest BCUT2D eigenvalue weighted by Gasteiger charge is -2.02. The summed E-state index contributed by atoms with van der Waals surface area (Å²) in [4.78, 5) is 7.24. The average molecular weight is 142 g/mol. The first-order chi connectivity index (χ1) is 4.22. The summed E-state index contributed by atoms with van der Waals surface area (Å²) < 4.78 is 0. The van der Waals surface area contributed by atoms with Gasteiger partial charge in [0.05, 0.1) is 13.0 Å². The molecule has 0 heterocycles. The summed E-state index contributed by atoms with van der Waals surface area (Å²) in [5.74, 6) is -0.283. The zero-order chi connectivity index (χ0) is 7.28. The van der Waals surface area contributed by atoms with Crippen LogP contribution in [0.15, 0.2) is 9.98 Å². The van der Waals surface area contributed by atoms with Gasteiger partial charge in [0.1, 0.15) is 0 Å². The van der Waals surface area contributed by atoms with E-state index in [0.29, 0.717) is 11.7 Å². The summed E-state index contributed by atoms with van der Waals surface area (Å²) in [6, 6.07) is 0. The molecule has 0 aromatic heterocycles. The van der Waals surface area contributed by atoms with E-state index in [1.807, 2.05) is 0 Å². The van der Waals surface area contributed by atoms with Gasteiger partial charge in [-0.05, 0) is 12.5 Å². The van der Waals surface area contributed by atoms with E-state index in [0.717, 1.165) is 0 Å². The second-order valence-electron chi connectivity index (χ2n) is 1.56. The summed E-state index contributed by atoms with van der Waals surface area (Å²) >= 11 is 5.53. The standard InChI is InChI=1S/C5H8BClN2/c1-8-3-4(6)5(7)9-2/h4H,1,3H2,2H3. The minimum atomic E-state index is -0.283. The summed E-state index contributed by atoms with van der Waals surface area (Å²) in [6.07, 6.45) is 0. The van der Waals surface area contributed by atoms with Crippen molar-refractivity contribution < 1.29 is 0 Å². The second kappa shape index (κ2) is 4.56. The molecule has 0 aliphatic carbocycles. The second-order valence-corrected chi connectivity index (χ2v) is 1.95. The summed E-state index contributed by atoms with van der Waals surface area (Å²) in [7, 11) is 7.03. The number of aliphatic imine (C=N–C) groups is 2. The highest BCUT2D eigenvalue weighted by molar-refractivity contribution is 6.70. The van der Waals surface area contributed by atoms with Gasteiger partial charge in [0.15, 0.2) is 0 Å². The molecule has 0 fully saturated rings. The highest BCUT2D eigenvalue weighted by Crippen LogP contribution is 2.05. The Hall–Kier alpha value is -0.305. The largest absolute Gasteiger partial charge is 0.301 e. The quantitative estimate of drug-likeness (QED) is 0.413. The lowest BCUT2D eigenvalue weighted by atomic mass is 9.89. The molecule has 0 amide bonds. The summed E-state index contributed by atoms with van der Waals surface area (Å²) in [5, 5.41) is 0.391. The first kappa shape index (κ1) is 8.69. The molecular weight excluding hydrogens is 134 g/mol. The van der Waals surface area contributed by atoms with Crippen molar-refractivity contribution in [2.24, 2.45) is 9.98 Å². The maximum Gasteiger partial charge on any atom is 0.0962 e. The average Bonchev–Trinajstić information content (AvgIpc) is 1.87. The number of hydrogen-bond donors (Lipinski definition) is 0. The molecule has 0 rings (SSSR count). The van der Waals surface area contributed by atoms with E-state index in [9.17, 15) is 0 Å². The molecule has 0 spiro atoms. The van der Waals surface area contributed by atoms with Gasteiger partial charge in [-0.15, -0.1) is 0 Å². The van der Waals surface area contributed by atoms with E-state index < -0.39 is 0 Å². The van der Waals surface area contributed by atoms with Crippen molar-refractivity contribution in [2.45, 2.75) is 5.82 Å². The molecule has 1 unspecified atom stereocenters. The minimum absolute atomic E-state index is 0.283. The third-order valence-corrected chi connectivity index (χ3v) is 1.29. The Morgan fingerprint density at radius 2 is 2.44 bits per heavy atom. The molecule has 0 saturated carbocycles. The van der Waals surface area contributed by atoms with Gasteiger partial charge in [-0.2, -0.15) is 0 Å². The number of halogens is 1. The molecule has 2 radical (unpaired) electrons. The fourth-order valence-electron chi connectivity index (χ4n) is 0.380. The zero-order valence-electron chi connectivity index (χ0n) is 5.34. The molecule has 0 aromatic carbocycles. The third kappa shape index (κ3) is 3.30. The van der Waals surface area contributed by atoms with Gasteiger partial charge in [-0.25, -0.2) is 0 Å². The fourth-order valence-corrected chi connectivity index (χ4v) is 0.449. The molecule has 4 heteroatoms. The Morgan fingerprint density at radius 1 is 1.89 bits per heavy atom. The molecule has 0 saturated heterocycles. The number of nitrogens with zero attached hydrogens (tertiary/aromatic N) is 2. The normalized spacial score (nSPS) is 15.1. The smallest absolute Gasteiger partial charge is 0.0962 e. The van der Waals surface area contributed by atoms with E-state index >= 15 is 0 Å². The number of hydrogen-bond acceptors (Lipinski definition) is 2. The van der Waals surface area contributed by atoms with Gasteiger partial charge in [0.25, 0.3) is 0 Å². The van der Waals surface area contributed by atoms with Gasteiger partial charge in [-0.1, -0.05) is 11.6 Å². The lowest BCUT2D eigenvalue weighted by Crippen LogP contribution is -2.04. The van der Waals surface area contributed by atoms with Gasteiger partial charge in [0.2, 0.25) is 0 Å². The minimum Gasteiger partial charge on any atom is -0.301 e. The van der Waals surface area contributed by atoms with Crippen LogP contribution in [0.5, 0.6) is 0 Å². The summed E-state index contributed by atoms with van der Waals surface area (Å²) in [5.41, 5.74) is 0. The van der Waals surface area contributed by atoms with E-state index in [1.165, 1.54) is 0 Å². The van der Waals surface area contributed by atoms with E-state index in [4.69, 9.17) is 19.4 Å². The van der Waals surface area contributed by atoms with Gasteiger partial charge in [-0.3, -0.25) is 4.99 Å². The monoisotopic (exact) mass is 142 g/mol. The molecule has 1 atom stereocenters. The van der Waals surface area contributed by atoms with Crippen molar-refractivity contribution in [2.75, 3.05) is 13.6 Å². The van der Waals surface area contributed by atoms with Crippen molar-refractivity contribution in [3.63, 3.8) is 0 Å². The SMILES string of the molecule is [B]C(CN=C)C(Cl)=NC. The molecule has 0 bridgehead atoms. The Bertz CT molecular complexity index is 124. The molecule has 0 aromatic rings. The lowest BCUT2D eigenvalue weighted by molar-refractivity contribution is 1.05. The Morgan fingerprint density at radius 3 is 2.78 bits per heavy atom. The maximum atomic E-state index is 5.53.